The van der Waals surface area contributed by atoms with E-state index in [0.29, 0.717) is 10.0 Å². The summed E-state index contributed by atoms with van der Waals surface area (Å²) in [5.74, 6) is -1.09. The van der Waals surface area contributed by atoms with Crippen LogP contribution in [0, 0.1) is 22.7 Å². The Balaban J connectivity index is 0.000000397. The minimum atomic E-state index is -1.09. The number of carbonyl (C=O) groups is 1. The number of nitriles is 2. The molecule has 0 aromatic heterocycles. The maximum atomic E-state index is 10.6. The van der Waals surface area contributed by atoms with E-state index >= 15 is 0 Å². The molecule has 0 amide bonds. The number of halogens is 2. The molecule has 2 rings (SSSR count). The van der Waals surface area contributed by atoms with Crippen LogP contribution in [0.5, 0.6) is 0 Å². The maximum Gasteiger partial charge on any atom is 0.337 e. The number of rotatable bonds is 1. The van der Waals surface area contributed by atoms with Crippen LogP contribution in [-0.2, 0) is 0 Å². The van der Waals surface area contributed by atoms with Crippen molar-refractivity contribution in [1.82, 2.24) is 0 Å². The number of benzene rings is 2. The van der Waals surface area contributed by atoms with Gasteiger partial charge >= 0.3 is 5.97 Å². The topological polar surface area (TPSA) is 84.9 Å². The van der Waals surface area contributed by atoms with Crippen LogP contribution in [0.4, 0.5) is 0 Å². The van der Waals surface area contributed by atoms with E-state index < -0.39 is 5.97 Å². The van der Waals surface area contributed by atoms with Gasteiger partial charge in [-0.2, -0.15) is 10.5 Å². The second kappa shape index (κ2) is 9.73. The fraction of sp³-hybridized carbons (Fsp3) is 0.0625. The summed E-state index contributed by atoms with van der Waals surface area (Å²) in [5.41, 5.74) is 0.885. The summed E-state index contributed by atoms with van der Waals surface area (Å²) in [6.07, 6.45) is 0. The van der Waals surface area contributed by atoms with Crippen molar-refractivity contribution in [2.45, 2.75) is 7.43 Å². The molecule has 6 heteroatoms. The van der Waals surface area contributed by atoms with Crippen LogP contribution in [0.3, 0.4) is 0 Å². The quantitative estimate of drug-likeness (QED) is 0.700. The summed E-state index contributed by atoms with van der Waals surface area (Å²) in [6, 6.07) is 15.6. The summed E-state index contributed by atoms with van der Waals surface area (Å²) < 4.78 is 1.65. The number of hydrogen-bond acceptors (Lipinski definition) is 3. The van der Waals surface area contributed by atoms with Crippen molar-refractivity contribution in [3.8, 4) is 12.1 Å². The lowest BCUT2D eigenvalue weighted by molar-refractivity contribution is 0.0696. The van der Waals surface area contributed by atoms with Gasteiger partial charge in [-0.05, 0) is 42.5 Å². The maximum absolute atomic E-state index is 10.6. The second-order valence-electron chi connectivity index (χ2n) is 3.73. The Morgan fingerprint density at radius 2 is 1.50 bits per heavy atom. The Hall–Kier alpha value is -2.15. The molecule has 4 nitrogen and oxygen atoms in total. The highest BCUT2D eigenvalue weighted by Gasteiger charge is 2.09. The average molecular weight is 424 g/mol. The predicted octanol–water partition coefficient (Wildman–Crippen LogP) is 4.98. The van der Waals surface area contributed by atoms with Crippen LogP contribution in [0.2, 0.25) is 0 Å². The van der Waals surface area contributed by atoms with Gasteiger partial charge in [-0.25, -0.2) is 4.79 Å². The lowest BCUT2D eigenvalue weighted by atomic mass is 10.1. The number of carboxylic acid groups (broad SMARTS) is 1. The molecule has 0 aliphatic carbocycles. The number of hydrogen-bond donors (Lipinski definition) is 1. The van der Waals surface area contributed by atoms with E-state index in [-0.39, 0.29) is 18.6 Å². The normalized spacial score (nSPS) is 8.36. The highest BCUT2D eigenvalue weighted by molar-refractivity contribution is 9.10. The van der Waals surface area contributed by atoms with Crippen LogP contribution < -0.4 is 0 Å². The minimum Gasteiger partial charge on any atom is -0.478 e. The van der Waals surface area contributed by atoms with E-state index in [1.807, 2.05) is 18.2 Å². The molecule has 0 unspecified atom stereocenters. The zero-order valence-electron chi connectivity index (χ0n) is 10.5. The highest BCUT2D eigenvalue weighted by Crippen LogP contribution is 2.15. The molecular weight excluding hydrogens is 412 g/mol. The fourth-order valence-electron chi connectivity index (χ4n) is 1.32. The lowest BCUT2D eigenvalue weighted by Crippen LogP contribution is -1.99. The van der Waals surface area contributed by atoms with Gasteiger partial charge in [0.1, 0.15) is 6.07 Å². The summed E-state index contributed by atoms with van der Waals surface area (Å²) >= 11 is 6.39. The van der Waals surface area contributed by atoms with Crippen molar-refractivity contribution in [2.24, 2.45) is 0 Å². The summed E-state index contributed by atoms with van der Waals surface area (Å²) in [4.78, 5) is 10.6. The number of carboxylic acids is 1. The third-order valence-corrected chi connectivity index (χ3v) is 3.33. The van der Waals surface area contributed by atoms with E-state index in [1.54, 1.807) is 24.3 Å². The number of aromatic carboxylic acids is 1. The van der Waals surface area contributed by atoms with Crippen LogP contribution in [-0.4, -0.2) is 11.1 Å². The Morgan fingerprint density at radius 1 is 0.955 bits per heavy atom. The van der Waals surface area contributed by atoms with Gasteiger partial charge in [0.25, 0.3) is 0 Å². The molecule has 2 aromatic rings. The SMILES string of the molecule is C.N#Cc1ccc(Br)cc1.N#Cc1ccc(Br)cc1C(=O)O. The predicted molar refractivity (Wildman–Crippen MR) is 91.4 cm³/mol. The standard InChI is InChI=1S/C8H4BrNO2.C7H4BrN.CH4/c9-6-2-1-5(4-10)7(3-6)8(11)12;8-7-3-1-6(5-9)2-4-7;/h1-3H,(H,11,12);1-4H;1H4. The molecule has 0 aliphatic heterocycles. The van der Waals surface area contributed by atoms with Crippen molar-refractivity contribution in [2.75, 3.05) is 0 Å². The van der Waals surface area contributed by atoms with Crippen molar-refractivity contribution >= 4 is 37.8 Å². The molecule has 0 spiro atoms. The molecule has 22 heavy (non-hydrogen) atoms. The molecule has 0 radical (unpaired) electrons. The van der Waals surface area contributed by atoms with Gasteiger partial charge in [0.05, 0.1) is 22.8 Å². The second-order valence-corrected chi connectivity index (χ2v) is 5.56. The highest BCUT2D eigenvalue weighted by atomic mass is 79.9. The van der Waals surface area contributed by atoms with Gasteiger partial charge in [-0.15, -0.1) is 0 Å². The molecule has 112 valence electrons. The van der Waals surface area contributed by atoms with E-state index in [1.165, 1.54) is 12.1 Å². The van der Waals surface area contributed by atoms with Crippen LogP contribution in [0.1, 0.15) is 28.9 Å². The molecule has 0 saturated carbocycles. The van der Waals surface area contributed by atoms with Crippen LogP contribution in [0.25, 0.3) is 0 Å². The molecule has 0 saturated heterocycles. The minimum absolute atomic E-state index is 0. The van der Waals surface area contributed by atoms with Crippen molar-refractivity contribution in [1.29, 1.82) is 10.5 Å². The van der Waals surface area contributed by atoms with Crippen molar-refractivity contribution in [3.05, 3.63) is 68.1 Å². The Labute approximate surface area is 145 Å². The third-order valence-electron chi connectivity index (χ3n) is 2.31. The van der Waals surface area contributed by atoms with E-state index in [9.17, 15) is 4.79 Å². The summed E-state index contributed by atoms with van der Waals surface area (Å²) in [5, 5.41) is 25.5. The van der Waals surface area contributed by atoms with Gasteiger partial charge in [0, 0.05) is 8.95 Å². The molecule has 0 heterocycles. The Morgan fingerprint density at radius 3 is 1.95 bits per heavy atom. The summed E-state index contributed by atoms with van der Waals surface area (Å²) in [6.45, 7) is 0. The molecule has 2 aromatic carbocycles. The van der Waals surface area contributed by atoms with Gasteiger partial charge in [-0.1, -0.05) is 39.3 Å². The molecule has 1 N–H and O–H groups in total. The zero-order valence-corrected chi connectivity index (χ0v) is 13.7. The molecular formula is C16H12Br2N2O2. The zero-order chi connectivity index (χ0) is 15.8. The van der Waals surface area contributed by atoms with Gasteiger partial charge in [0.2, 0.25) is 0 Å². The largest absolute Gasteiger partial charge is 0.478 e. The van der Waals surface area contributed by atoms with Gasteiger partial charge < -0.3 is 5.11 Å². The average Bonchev–Trinajstić information content (AvgIpc) is 2.48. The smallest absolute Gasteiger partial charge is 0.337 e. The molecule has 0 atom stereocenters. The van der Waals surface area contributed by atoms with Crippen LogP contribution in [0.15, 0.2) is 51.4 Å². The molecule has 0 aliphatic rings. The third kappa shape index (κ3) is 6.09. The van der Waals surface area contributed by atoms with Gasteiger partial charge in [0.15, 0.2) is 0 Å². The van der Waals surface area contributed by atoms with Crippen molar-refractivity contribution in [3.63, 3.8) is 0 Å². The molecule has 0 bridgehead atoms. The first-order valence-electron chi connectivity index (χ1n) is 5.56. The first-order chi connectivity index (χ1) is 9.97. The molecule has 0 fully saturated rings. The van der Waals surface area contributed by atoms with Gasteiger partial charge in [-0.3, -0.25) is 0 Å². The van der Waals surface area contributed by atoms with E-state index in [2.05, 4.69) is 31.9 Å². The number of nitrogens with zero attached hydrogens (tertiary/aromatic N) is 2. The monoisotopic (exact) mass is 422 g/mol. The lowest BCUT2D eigenvalue weighted by Gasteiger charge is -1.97. The fourth-order valence-corrected chi connectivity index (χ4v) is 1.94. The van der Waals surface area contributed by atoms with E-state index in [4.69, 9.17) is 15.6 Å². The Kier molecular flexibility index (Phi) is 8.78. The first kappa shape index (κ1) is 19.9. The first-order valence-corrected chi connectivity index (χ1v) is 7.15. The van der Waals surface area contributed by atoms with Crippen LogP contribution >= 0.6 is 31.9 Å². The summed E-state index contributed by atoms with van der Waals surface area (Å²) in [7, 11) is 0. The van der Waals surface area contributed by atoms with E-state index in [0.717, 1.165) is 4.47 Å². The van der Waals surface area contributed by atoms with Crippen molar-refractivity contribution < 1.29 is 9.90 Å². The Bertz CT molecular complexity index is 729.